The first-order valence-electron chi connectivity index (χ1n) is 9.90. The number of allylic oxidation sites excluding steroid dienone is 7. The highest BCUT2D eigenvalue weighted by Crippen LogP contribution is 2.35. The monoisotopic (exact) mass is 372 g/mol. The Hall–Kier alpha value is -3.64. The number of fused-ring (bicyclic) bond motifs is 2. The van der Waals surface area contributed by atoms with E-state index >= 15 is 0 Å². The van der Waals surface area contributed by atoms with Crippen LogP contribution in [0.1, 0.15) is 22.6 Å². The number of rotatable bonds is 5. The van der Waals surface area contributed by atoms with Gasteiger partial charge in [0.25, 0.3) is 0 Å². The van der Waals surface area contributed by atoms with E-state index in [2.05, 4.69) is 98.1 Å². The minimum Gasteiger partial charge on any atom is -0.0991 e. The molecule has 0 aromatic heterocycles. The molecule has 0 bridgehead atoms. The molecule has 0 fully saturated rings. The van der Waals surface area contributed by atoms with Crippen LogP contribution in [-0.2, 0) is 0 Å². The highest BCUT2D eigenvalue weighted by Gasteiger charge is 2.18. The van der Waals surface area contributed by atoms with Gasteiger partial charge in [-0.25, -0.2) is 0 Å². The Balaban J connectivity index is 1.81. The van der Waals surface area contributed by atoms with E-state index in [4.69, 9.17) is 0 Å². The number of hydrogen-bond donors (Lipinski definition) is 0. The van der Waals surface area contributed by atoms with Gasteiger partial charge in [0.15, 0.2) is 0 Å². The fourth-order valence-corrected chi connectivity index (χ4v) is 3.87. The standard InChI is InChI=1S/C29H24/c1-3-5-6-7-8-13-24-20-27-21-26(16-15-25(27)19-23(24)11-4-2)29-18-17-22-12-9-10-14-28(22)29/h3-21,29H,1-2H2/b6-5+,8-7+,23-11-,24-13-. The summed E-state index contributed by atoms with van der Waals surface area (Å²) in [6, 6.07) is 19.9. The van der Waals surface area contributed by atoms with Crippen molar-refractivity contribution in [3.8, 4) is 0 Å². The Bertz CT molecular complexity index is 1280. The normalized spacial score (nSPS) is 16.9. The van der Waals surface area contributed by atoms with Gasteiger partial charge in [-0.05, 0) is 50.0 Å². The topological polar surface area (TPSA) is 0 Å². The van der Waals surface area contributed by atoms with Crippen LogP contribution in [0.2, 0.25) is 0 Å². The van der Waals surface area contributed by atoms with Gasteiger partial charge < -0.3 is 0 Å². The third-order valence-corrected chi connectivity index (χ3v) is 5.27. The summed E-state index contributed by atoms with van der Waals surface area (Å²) in [7, 11) is 0. The van der Waals surface area contributed by atoms with Crippen molar-refractivity contribution < 1.29 is 0 Å². The second-order valence-electron chi connectivity index (χ2n) is 7.13. The molecule has 4 rings (SSSR count). The number of benzene rings is 3. The Morgan fingerprint density at radius 1 is 0.690 bits per heavy atom. The lowest BCUT2D eigenvalue weighted by Gasteiger charge is -2.12. The molecule has 0 N–H and O–H groups in total. The quantitative estimate of drug-likeness (QED) is 0.479. The van der Waals surface area contributed by atoms with Crippen LogP contribution in [0.25, 0.3) is 29.0 Å². The molecule has 1 aliphatic rings. The van der Waals surface area contributed by atoms with E-state index in [-0.39, 0.29) is 0 Å². The van der Waals surface area contributed by atoms with Crippen molar-refractivity contribution in [2.45, 2.75) is 5.92 Å². The lowest BCUT2D eigenvalue weighted by Crippen LogP contribution is -2.23. The van der Waals surface area contributed by atoms with Gasteiger partial charge in [0, 0.05) is 5.92 Å². The molecule has 1 atom stereocenters. The molecule has 3 aromatic carbocycles. The van der Waals surface area contributed by atoms with Gasteiger partial charge in [-0.15, -0.1) is 0 Å². The minimum absolute atomic E-state index is 0.325. The maximum Gasteiger partial charge on any atom is 0.0278 e. The Morgan fingerprint density at radius 3 is 2.34 bits per heavy atom. The second-order valence-corrected chi connectivity index (χ2v) is 7.13. The molecule has 0 heterocycles. The van der Waals surface area contributed by atoms with Gasteiger partial charge in [0.2, 0.25) is 0 Å². The zero-order valence-corrected chi connectivity index (χ0v) is 16.5. The third kappa shape index (κ3) is 3.97. The van der Waals surface area contributed by atoms with Crippen molar-refractivity contribution in [3.05, 3.63) is 137 Å². The summed E-state index contributed by atoms with van der Waals surface area (Å²) >= 11 is 0. The van der Waals surface area contributed by atoms with Gasteiger partial charge in [-0.1, -0.05) is 116 Å². The molecule has 0 saturated heterocycles. The molecule has 140 valence electrons. The van der Waals surface area contributed by atoms with Crippen LogP contribution in [0, 0.1) is 0 Å². The lowest BCUT2D eigenvalue weighted by molar-refractivity contribution is 1.05. The van der Waals surface area contributed by atoms with Crippen molar-refractivity contribution in [2.24, 2.45) is 0 Å². The van der Waals surface area contributed by atoms with Crippen LogP contribution in [0.5, 0.6) is 0 Å². The van der Waals surface area contributed by atoms with Crippen LogP contribution < -0.4 is 10.4 Å². The van der Waals surface area contributed by atoms with Crippen molar-refractivity contribution in [1.29, 1.82) is 0 Å². The molecule has 0 amide bonds. The van der Waals surface area contributed by atoms with Crippen LogP contribution in [0.3, 0.4) is 0 Å². The van der Waals surface area contributed by atoms with Crippen LogP contribution in [-0.4, -0.2) is 0 Å². The Morgan fingerprint density at radius 2 is 1.48 bits per heavy atom. The molecule has 29 heavy (non-hydrogen) atoms. The molecule has 0 nitrogen and oxygen atoms in total. The van der Waals surface area contributed by atoms with E-state index in [1.165, 1.54) is 37.9 Å². The smallest absolute Gasteiger partial charge is 0.0278 e. The Labute approximate surface area is 172 Å². The second kappa shape index (κ2) is 8.58. The van der Waals surface area contributed by atoms with Gasteiger partial charge in [0.05, 0.1) is 0 Å². The molecule has 1 aliphatic carbocycles. The number of hydrogen-bond acceptors (Lipinski definition) is 0. The zero-order valence-electron chi connectivity index (χ0n) is 16.5. The van der Waals surface area contributed by atoms with Crippen LogP contribution in [0.15, 0.2) is 110 Å². The van der Waals surface area contributed by atoms with E-state index in [0.29, 0.717) is 5.92 Å². The van der Waals surface area contributed by atoms with Gasteiger partial charge in [0.1, 0.15) is 0 Å². The summed E-state index contributed by atoms with van der Waals surface area (Å²) in [4.78, 5) is 0. The summed E-state index contributed by atoms with van der Waals surface area (Å²) in [5, 5.41) is 4.84. The maximum atomic E-state index is 3.87. The molecule has 0 spiro atoms. The minimum atomic E-state index is 0.325. The summed E-state index contributed by atoms with van der Waals surface area (Å²) in [6.45, 7) is 7.56. The highest BCUT2D eigenvalue weighted by atomic mass is 14.2. The predicted octanol–water partition coefficient (Wildman–Crippen LogP) is 6.04. The first-order chi connectivity index (χ1) is 14.3. The van der Waals surface area contributed by atoms with E-state index in [0.717, 1.165) is 0 Å². The molecule has 0 heteroatoms. The van der Waals surface area contributed by atoms with Gasteiger partial charge >= 0.3 is 0 Å². The third-order valence-electron chi connectivity index (χ3n) is 5.27. The molecular weight excluding hydrogens is 348 g/mol. The molecule has 0 saturated carbocycles. The summed E-state index contributed by atoms with van der Waals surface area (Å²) < 4.78 is 0. The fraction of sp³-hybridized carbons (Fsp3) is 0.0345. The first-order valence-corrected chi connectivity index (χ1v) is 9.90. The molecule has 3 aromatic rings. The van der Waals surface area contributed by atoms with E-state index < -0.39 is 0 Å². The van der Waals surface area contributed by atoms with Crippen molar-refractivity contribution in [3.63, 3.8) is 0 Å². The SMILES string of the molecule is C=C/C=c1/cc2ccc(C3C=Cc4ccccc43)cc2c/c1=C/C=C/C=C/C=C. The van der Waals surface area contributed by atoms with Crippen molar-refractivity contribution in [1.82, 2.24) is 0 Å². The highest BCUT2D eigenvalue weighted by molar-refractivity contribution is 5.84. The van der Waals surface area contributed by atoms with Gasteiger partial charge in [-0.3, -0.25) is 0 Å². The molecule has 0 aliphatic heterocycles. The summed E-state index contributed by atoms with van der Waals surface area (Å²) in [5.41, 5.74) is 4.03. The largest absolute Gasteiger partial charge is 0.0991 e. The first kappa shape index (κ1) is 18.7. The van der Waals surface area contributed by atoms with Crippen molar-refractivity contribution >= 4 is 29.0 Å². The van der Waals surface area contributed by atoms with Crippen molar-refractivity contribution in [2.75, 3.05) is 0 Å². The van der Waals surface area contributed by atoms with E-state index in [9.17, 15) is 0 Å². The molecule has 0 radical (unpaired) electrons. The molecule has 1 unspecified atom stereocenters. The summed E-state index contributed by atoms with van der Waals surface area (Å²) in [6.07, 6.45) is 20.3. The fourth-order valence-electron chi connectivity index (χ4n) is 3.87. The van der Waals surface area contributed by atoms with Crippen LogP contribution >= 0.6 is 0 Å². The van der Waals surface area contributed by atoms with E-state index in [1.807, 2.05) is 24.3 Å². The predicted molar refractivity (Wildman–Crippen MR) is 128 cm³/mol. The van der Waals surface area contributed by atoms with E-state index in [1.54, 1.807) is 6.08 Å². The van der Waals surface area contributed by atoms with Gasteiger partial charge in [-0.2, -0.15) is 0 Å². The average Bonchev–Trinajstić information content (AvgIpc) is 3.18. The zero-order chi connectivity index (χ0) is 20.1. The maximum absolute atomic E-state index is 3.87. The van der Waals surface area contributed by atoms with Crippen LogP contribution in [0.4, 0.5) is 0 Å². The average molecular weight is 373 g/mol. The Kier molecular flexibility index (Phi) is 5.54. The lowest BCUT2D eigenvalue weighted by atomic mass is 9.91. The summed E-state index contributed by atoms with van der Waals surface area (Å²) in [5.74, 6) is 0.325. The molecular formula is C29H24.